The lowest BCUT2D eigenvalue weighted by Gasteiger charge is -2.06. The number of hydrogen-bond donors (Lipinski definition) is 1. The standard InChI is InChI=1S/C16H13BrClN3O/c1-10-2-7-14(13(17)8-10)19-9-15-20-21-16(22-15)11-3-5-12(18)6-4-11/h2-8,19H,9H2,1H3. The molecule has 0 aliphatic carbocycles. The van der Waals surface area contributed by atoms with Crippen molar-refractivity contribution in [3.05, 3.63) is 63.4 Å². The molecule has 0 atom stereocenters. The molecule has 0 aliphatic rings. The Morgan fingerprint density at radius 3 is 2.64 bits per heavy atom. The SMILES string of the molecule is Cc1ccc(NCc2nnc(-c3ccc(Cl)cc3)o2)c(Br)c1. The summed E-state index contributed by atoms with van der Waals surface area (Å²) in [4.78, 5) is 0. The van der Waals surface area contributed by atoms with Crippen molar-refractivity contribution in [2.45, 2.75) is 13.5 Å². The Balaban J connectivity index is 1.70. The van der Waals surface area contributed by atoms with Crippen LogP contribution in [0.25, 0.3) is 11.5 Å². The number of nitrogens with one attached hydrogen (secondary N) is 1. The molecular formula is C16H13BrClN3O. The molecule has 1 aromatic heterocycles. The molecule has 0 amide bonds. The maximum Gasteiger partial charge on any atom is 0.247 e. The first-order valence-corrected chi connectivity index (χ1v) is 7.87. The average Bonchev–Trinajstić information content (AvgIpc) is 2.96. The van der Waals surface area contributed by atoms with Crippen LogP contribution in [0.15, 0.2) is 51.4 Å². The van der Waals surface area contributed by atoms with Crippen LogP contribution in [0.4, 0.5) is 5.69 Å². The van der Waals surface area contributed by atoms with Crippen LogP contribution in [0.5, 0.6) is 0 Å². The molecule has 0 fully saturated rings. The first-order chi connectivity index (χ1) is 10.6. The van der Waals surface area contributed by atoms with Crippen molar-refractivity contribution in [2.24, 2.45) is 0 Å². The normalized spacial score (nSPS) is 10.7. The van der Waals surface area contributed by atoms with Crippen LogP contribution in [0, 0.1) is 6.92 Å². The molecule has 22 heavy (non-hydrogen) atoms. The molecule has 4 nitrogen and oxygen atoms in total. The van der Waals surface area contributed by atoms with E-state index < -0.39 is 0 Å². The predicted molar refractivity (Wildman–Crippen MR) is 90.9 cm³/mol. The van der Waals surface area contributed by atoms with Crippen LogP contribution in [0.1, 0.15) is 11.5 Å². The Hall–Kier alpha value is -1.85. The summed E-state index contributed by atoms with van der Waals surface area (Å²) in [5.74, 6) is 1.01. The van der Waals surface area contributed by atoms with E-state index in [9.17, 15) is 0 Å². The molecule has 2 aromatic carbocycles. The number of aromatic nitrogens is 2. The second-order valence-electron chi connectivity index (χ2n) is 4.84. The van der Waals surface area contributed by atoms with Crippen LogP contribution < -0.4 is 5.32 Å². The van der Waals surface area contributed by atoms with E-state index in [1.165, 1.54) is 5.56 Å². The lowest BCUT2D eigenvalue weighted by molar-refractivity contribution is 0.515. The molecule has 112 valence electrons. The molecule has 3 rings (SSSR count). The van der Waals surface area contributed by atoms with E-state index in [2.05, 4.69) is 37.5 Å². The van der Waals surface area contributed by atoms with Crippen molar-refractivity contribution < 1.29 is 4.42 Å². The molecule has 0 saturated carbocycles. The van der Waals surface area contributed by atoms with Gasteiger partial charge in [-0.1, -0.05) is 17.7 Å². The monoisotopic (exact) mass is 377 g/mol. The zero-order valence-corrected chi connectivity index (χ0v) is 14.1. The highest BCUT2D eigenvalue weighted by Crippen LogP contribution is 2.24. The second kappa shape index (κ2) is 6.50. The van der Waals surface area contributed by atoms with Crippen LogP contribution >= 0.6 is 27.5 Å². The quantitative estimate of drug-likeness (QED) is 0.688. The van der Waals surface area contributed by atoms with Gasteiger partial charge in [0.2, 0.25) is 11.8 Å². The molecule has 6 heteroatoms. The van der Waals surface area contributed by atoms with Gasteiger partial charge in [0.15, 0.2) is 0 Å². The fraction of sp³-hybridized carbons (Fsp3) is 0.125. The van der Waals surface area contributed by atoms with E-state index in [-0.39, 0.29) is 0 Å². The largest absolute Gasteiger partial charge is 0.419 e. The van der Waals surface area contributed by atoms with Gasteiger partial charge in [-0.3, -0.25) is 0 Å². The number of nitrogens with zero attached hydrogens (tertiary/aromatic N) is 2. The average molecular weight is 379 g/mol. The second-order valence-corrected chi connectivity index (χ2v) is 6.14. The Labute approximate surface area is 141 Å². The topological polar surface area (TPSA) is 51.0 Å². The molecule has 0 unspecified atom stereocenters. The van der Waals surface area contributed by atoms with Crippen molar-refractivity contribution >= 4 is 33.2 Å². The van der Waals surface area contributed by atoms with Gasteiger partial charge in [-0.2, -0.15) is 0 Å². The third-order valence-electron chi connectivity index (χ3n) is 3.11. The minimum atomic E-state index is 0.461. The van der Waals surface area contributed by atoms with Crippen molar-refractivity contribution in [3.63, 3.8) is 0 Å². The number of aryl methyl sites for hydroxylation is 1. The first kappa shape index (κ1) is 15.1. The number of hydrogen-bond acceptors (Lipinski definition) is 4. The summed E-state index contributed by atoms with van der Waals surface area (Å²) in [6.07, 6.45) is 0. The summed E-state index contributed by atoms with van der Waals surface area (Å²) in [5, 5.41) is 12.0. The Morgan fingerprint density at radius 2 is 1.91 bits per heavy atom. The van der Waals surface area contributed by atoms with Gasteiger partial charge in [-0.15, -0.1) is 10.2 Å². The van der Waals surface area contributed by atoms with Gasteiger partial charge in [0.1, 0.15) is 0 Å². The first-order valence-electron chi connectivity index (χ1n) is 6.70. The highest BCUT2D eigenvalue weighted by molar-refractivity contribution is 9.10. The van der Waals surface area contributed by atoms with E-state index >= 15 is 0 Å². The number of halogens is 2. The summed E-state index contributed by atoms with van der Waals surface area (Å²) >= 11 is 9.39. The molecule has 1 heterocycles. The van der Waals surface area contributed by atoms with Crippen LogP contribution in [-0.4, -0.2) is 10.2 Å². The maximum atomic E-state index is 5.87. The smallest absolute Gasteiger partial charge is 0.247 e. The fourth-order valence-corrected chi connectivity index (χ4v) is 2.73. The van der Waals surface area contributed by atoms with Crippen molar-refractivity contribution in [3.8, 4) is 11.5 Å². The highest BCUT2D eigenvalue weighted by atomic mass is 79.9. The lowest BCUT2D eigenvalue weighted by atomic mass is 10.2. The van der Waals surface area contributed by atoms with Gasteiger partial charge in [-0.25, -0.2) is 0 Å². The van der Waals surface area contributed by atoms with E-state index in [4.69, 9.17) is 16.0 Å². The van der Waals surface area contributed by atoms with E-state index in [1.54, 1.807) is 12.1 Å². The number of benzene rings is 2. The lowest BCUT2D eigenvalue weighted by Crippen LogP contribution is -2.00. The summed E-state index contributed by atoms with van der Waals surface area (Å²) < 4.78 is 6.66. The summed E-state index contributed by atoms with van der Waals surface area (Å²) in [6.45, 7) is 2.51. The van der Waals surface area contributed by atoms with E-state index in [0.29, 0.717) is 23.3 Å². The summed E-state index contributed by atoms with van der Waals surface area (Å²) in [6, 6.07) is 13.4. The van der Waals surface area contributed by atoms with Gasteiger partial charge in [0.05, 0.1) is 6.54 Å². The van der Waals surface area contributed by atoms with Crippen molar-refractivity contribution in [1.29, 1.82) is 0 Å². The third kappa shape index (κ3) is 3.48. The highest BCUT2D eigenvalue weighted by Gasteiger charge is 2.09. The van der Waals surface area contributed by atoms with E-state index in [1.807, 2.05) is 31.2 Å². The van der Waals surface area contributed by atoms with Gasteiger partial charge in [0.25, 0.3) is 0 Å². The van der Waals surface area contributed by atoms with Gasteiger partial charge in [-0.05, 0) is 64.8 Å². The summed E-state index contributed by atoms with van der Waals surface area (Å²) in [5.41, 5.74) is 3.02. The number of anilines is 1. The zero-order chi connectivity index (χ0) is 15.5. The van der Waals surface area contributed by atoms with Crippen molar-refractivity contribution in [2.75, 3.05) is 5.32 Å². The fourth-order valence-electron chi connectivity index (χ4n) is 1.97. The molecule has 3 aromatic rings. The van der Waals surface area contributed by atoms with Crippen LogP contribution in [-0.2, 0) is 6.54 Å². The molecule has 0 saturated heterocycles. The third-order valence-corrected chi connectivity index (χ3v) is 4.02. The Bertz CT molecular complexity index is 786. The van der Waals surface area contributed by atoms with Crippen molar-refractivity contribution in [1.82, 2.24) is 10.2 Å². The molecule has 0 aliphatic heterocycles. The van der Waals surface area contributed by atoms with Crippen LogP contribution in [0.2, 0.25) is 5.02 Å². The van der Waals surface area contributed by atoms with E-state index in [0.717, 1.165) is 15.7 Å². The minimum Gasteiger partial charge on any atom is -0.419 e. The minimum absolute atomic E-state index is 0.461. The molecule has 0 bridgehead atoms. The Morgan fingerprint density at radius 1 is 1.14 bits per heavy atom. The Kier molecular flexibility index (Phi) is 4.45. The molecule has 0 spiro atoms. The maximum absolute atomic E-state index is 5.87. The molecular weight excluding hydrogens is 366 g/mol. The zero-order valence-electron chi connectivity index (χ0n) is 11.8. The van der Waals surface area contributed by atoms with Gasteiger partial charge in [0, 0.05) is 20.7 Å². The van der Waals surface area contributed by atoms with Crippen LogP contribution in [0.3, 0.4) is 0 Å². The molecule has 0 radical (unpaired) electrons. The summed E-state index contributed by atoms with van der Waals surface area (Å²) in [7, 11) is 0. The van der Waals surface area contributed by atoms with Gasteiger partial charge < -0.3 is 9.73 Å². The molecule has 1 N–H and O–H groups in total. The predicted octanol–water partition coefficient (Wildman–Crippen LogP) is 5.07. The number of rotatable bonds is 4. The van der Waals surface area contributed by atoms with Gasteiger partial charge >= 0.3 is 0 Å².